The molecule has 0 bridgehead atoms. The highest BCUT2D eigenvalue weighted by molar-refractivity contribution is 9.10. The number of nitrogens with zero attached hydrogens (tertiary/aromatic N) is 2. The molecule has 1 aliphatic rings. The first-order chi connectivity index (χ1) is 19.5. The van der Waals surface area contributed by atoms with Crippen LogP contribution in [0, 0.1) is 6.92 Å². The van der Waals surface area contributed by atoms with Gasteiger partial charge in [0.05, 0.1) is 10.6 Å². The first-order valence-electron chi connectivity index (χ1n) is 13.7. The molecule has 1 atom stereocenters. The number of nitrogens with one attached hydrogen (secondary N) is 1. The topological polar surface area (TPSA) is 86.8 Å². The third-order valence-electron chi connectivity index (χ3n) is 7.39. The molecule has 0 aliphatic heterocycles. The van der Waals surface area contributed by atoms with Crippen LogP contribution in [0.4, 0.5) is 5.69 Å². The summed E-state index contributed by atoms with van der Waals surface area (Å²) in [5.41, 5.74) is 2.12. The SMILES string of the molecule is Cc1ccc(N(CC(=O)N(Cc2ccc(Br)cc2)[C@@H](C)C(=O)NC2CCCCC2)S(=O)(=O)c2ccc(Cl)cc2)cc1. The van der Waals surface area contributed by atoms with Gasteiger partial charge in [-0.2, -0.15) is 0 Å². The van der Waals surface area contributed by atoms with Crippen molar-refractivity contribution in [2.24, 2.45) is 0 Å². The van der Waals surface area contributed by atoms with Gasteiger partial charge in [0.15, 0.2) is 0 Å². The van der Waals surface area contributed by atoms with Crippen LogP contribution >= 0.6 is 27.5 Å². The first kappa shape index (κ1) is 31.1. The summed E-state index contributed by atoms with van der Waals surface area (Å²) in [6.07, 6.45) is 5.12. The Bertz CT molecular complexity index is 1440. The standard InChI is InChI=1S/C31H35BrClN3O4S/c1-22-8-16-28(17-9-22)36(41(39,40)29-18-14-26(33)15-19-29)21-30(37)35(20-24-10-12-25(32)13-11-24)23(2)31(38)34-27-6-4-3-5-7-27/h8-19,23,27H,3-7,20-21H2,1-2H3,(H,34,38)/t23-/m0/s1. The van der Waals surface area contributed by atoms with Crippen LogP contribution in [0.3, 0.4) is 0 Å². The van der Waals surface area contributed by atoms with Gasteiger partial charge in [0.1, 0.15) is 12.6 Å². The average molecular weight is 661 g/mol. The highest BCUT2D eigenvalue weighted by Crippen LogP contribution is 2.26. The van der Waals surface area contributed by atoms with Gasteiger partial charge < -0.3 is 10.2 Å². The average Bonchev–Trinajstić information content (AvgIpc) is 2.96. The summed E-state index contributed by atoms with van der Waals surface area (Å²) in [6, 6.07) is 19.5. The third kappa shape index (κ3) is 8.11. The Morgan fingerprint density at radius 1 is 0.951 bits per heavy atom. The van der Waals surface area contributed by atoms with Crippen molar-refractivity contribution in [2.45, 2.75) is 69.5 Å². The van der Waals surface area contributed by atoms with E-state index >= 15 is 0 Å². The zero-order valence-electron chi connectivity index (χ0n) is 23.2. The smallest absolute Gasteiger partial charge is 0.264 e. The summed E-state index contributed by atoms with van der Waals surface area (Å²) in [6.45, 7) is 3.26. The normalized spacial score (nSPS) is 14.7. The summed E-state index contributed by atoms with van der Waals surface area (Å²) in [5.74, 6) is -0.734. The summed E-state index contributed by atoms with van der Waals surface area (Å²) >= 11 is 9.45. The lowest BCUT2D eigenvalue weighted by atomic mass is 9.95. The zero-order valence-corrected chi connectivity index (χ0v) is 26.4. The van der Waals surface area contributed by atoms with Crippen molar-refractivity contribution in [3.63, 3.8) is 0 Å². The molecule has 218 valence electrons. The molecular formula is C31H35BrClN3O4S. The van der Waals surface area contributed by atoms with Crippen LogP contribution in [0.1, 0.15) is 50.2 Å². The Balaban J connectivity index is 1.66. The molecule has 0 aromatic heterocycles. The van der Waals surface area contributed by atoms with E-state index < -0.39 is 28.5 Å². The molecule has 1 N–H and O–H groups in total. The van der Waals surface area contributed by atoms with Gasteiger partial charge in [0.2, 0.25) is 11.8 Å². The predicted molar refractivity (Wildman–Crippen MR) is 166 cm³/mol. The van der Waals surface area contributed by atoms with Gasteiger partial charge in [-0.05, 0) is 80.8 Å². The highest BCUT2D eigenvalue weighted by Gasteiger charge is 2.33. The fourth-order valence-corrected chi connectivity index (χ4v) is 6.72. The van der Waals surface area contributed by atoms with Crippen LogP contribution in [0.5, 0.6) is 0 Å². The molecule has 0 spiro atoms. The van der Waals surface area contributed by atoms with E-state index in [1.807, 2.05) is 31.2 Å². The maximum atomic E-state index is 14.0. The number of carbonyl (C=O) groups is 2. The van der Waals surface area contributed by atoms with Crippen LogP contribution in [-0.2, 0) is 26.2 Å². The van der Waals surface area contributed by atoms with E-state index in [2.05, 4.69) is 21.2 Å². The monoisotopic (exact) mass is 659 g/mol. The number of sulfonamides is 1. The highest BCUT2D eigenvalue weighted by atomic mass is 79.9. The van der Waals surface area contributed by atoms with Crippen molar-refractivity contribution in [1.29, 1.82) is 0 Å². The molecule has 4 rings (SSSR count). The number of hydrogen-bond acceptors (Lipinski definition) is 4. The Labute approximate surface area is 256 Å². The van der Waals surface area contributed by atoms with Crippen LogP contribution in [0.15, 0.2) is 82.2 Å². The molecule has 0 heterocycles. The Morgan fingerprint density at radius 3 is 2.17 bits per heavy atom. The van der Waals surface area contributed by atoms with Crippen molar-refractivity contribution in [3.05, 3.63) is 93.4 Å². The molecule has 41 heavy (non-hydrogen) atoms. The van der Waals surface area contributed by atoms with Crippen molar-refractivity contribution in [1.82, 2.24) is 10.2 Å². The second kappa shape index (κ2) is 13.9. The summed E-state index contributed by atoms with van der Waals surface area (Å²) in [4.78, 5) is 28.9. The molecule has 2 amide bonds. The van der Waals surface area contributed by atoms with Crippen LogP contribution in [0.2, 0.25) is 5.02 Å². The molecule has 1 fully saturated rings. The van der Waals surface area contributed by atoms with Gasteiger partial charge in [-0.1, -0.05) is 76.6 Å². The van der Waals surface area contributed by atoms with Crippen molar-refractivity contribution in [3.8, 4) is 0 Å². The summed E-state index contributed by atoms with van der Waals surface area (Å²) in [5, 5.41) is 3.52. The van der Waals surface area contributed by atoms with Crippen molar-refractivity contribution in [2.75, 3.05) is 10.8 Å². The molecule has 0 radical (unpaired) electrons. The van der Waals surface area contributed by atoms with Gasteiger partial charge >= 0.3 is 0 Å². The number of carbonyl (C=O) groups excluding carboxylic acids is 2. The van der Waals surface area contributed by atoms with E-state index in [-0.39, 0.29) is 23.4 Å². The fourth-order valence-electron chi connectivity index (χ4n) is 4.91. The van der Waals surface area contributed by atoms with E-state index in [0.717, 1.165) is 52.0 Å². The number of aryl methyl sites for hydroxylation is 1. The molecule has 1 saturated carbocycles. The maximum absolute atomic E-state index is 14.0. The van der Waals surface area contributed by atoms with Gasteiger partial charge in [0, 0.05) is 22.1 Å². The fraction of sp³-hybridized carbons (Fsp3) is 0.355. The van der Waals surface area contributed by atoms with Crippen LogP contribution in [-0.4, -0.2) is 43.8 Å². The van der Waals surface area contributed by atoms with E-state index in [4.69, 9.17) is 11.6 Å². The lowest BCUT2D eigenvalue weighted by Crippen LogP contribution is -2.53. The molecule has 1 aliphatic carbocycles. The van der Waals surface area contributed by atoms with Crippen molar-refractivity contribution < 1.29 is 18.0 Å². The van der Waals surface area contributed by atoms with Crippen molar-refractivity contribution >= 4 is 55.1 Å². The number of hydrogen-bond donors (Lipinski definition) is 1. The zero-order chi connectivity index (χ0) is 29.6. The summed E-state index contributed by atoms with van der Waals surface area (Å²) in [7, 11) is -4.14. The number of amides is 2. The number of benzene rings is 3. The lowest BCUT2D eigenvalue weighted by molar-refractivity contribution is -0.139. The second-order valence-corrected chi connectivity index (χ2v) is 13.7. The molecule has 3 aromatic carbocycles. The maximum Gasteiger partial charge on any atom is 0.264 e. The van der Waals surface area contributed by atoms with E-state index in [0.29, 0.717) is 10.7 Å². The molecule has 10 heteroatoms. The van der Waals surface area contributed by atoms with Crippen LogP contribution in [0.25, 0.3) is 0 Å². The van der Waals surface area contributed by atoms with Gasteiger partial charge in [-0.15, -0.1) is 0 Å². The quantitative estimate of drug-likeness (QED) is 0.270. The second-order valence-electron chi connectivity index (χ2n) is 10.5. The summed E-state index contributed by atoms with van der Waals surface area (Å²) < 4.78 is 29.7. The lowest BCUT2D eigenvalue weighted by Gasteiger charge is -2.33. The predicted octanol–water partition coefficient (Wildman–Crippen LogP) is 6.47. The van der Waals surface area contributed by atoms with Gasteiger partial charge in [-0.25, -0.2) is 8.42 Å². The first-order valence-corrected chi connectivity index (χ1v) is 16.3. The third-order valence-corrected chi connectivity index (χ3v) is 9.96. The minimum Gasteiger partial charge on any atom is -0.352 e. The number of rotatable bonds is 10. The van der Waals surface area contributed by atoms with Gasteiger partial charge in [0.25, 0.3) is 10.0 Å². The number of halogens is 2. The molecule has 3 aromatic rings. The largest absolute Gasteiger partial charge is 0.352 e. The van der Waals surface area contributed by atoms with Crippen LogP contribution < -0.4 is 9.62 Å². The van der Waals surface area contributed by atoms with Gasteiger partial charge in [-0.3, -0.25) is 13.9 Å². The Hall–Kier alpha value is -2.88. The molecule has 0 saturated heterocycles. The Morgan fingerprint density at radius 2 is 1.56 bits per heavy atom. The number of anilines is 1. The molecule has 7 nitrogen and oxygen atoms in total. The minimum atomic E-state index is -4.14. The minimum absolute atomic E-state index is 0.0119. The van der Waals surface area contributed by atoms with E-state index in [1.54, 1.807) is 31.2 Å². The molecular weight excluding hydrogens is 626 g/mol. The van der Waals surface area contributed by atoms with E-state index in [9.17, 15) is 18.0 Å². The molecule has 0 unspecified atom stereocenters. The van der Waals surface area contributed by atoms with E-state index in [1.165, 1.54) is 29.2 Å². The Kier molecular flexibility index (Phi) is 10.5.